The van der Waals surface area contributed by atoms with Crippen LogP contribution in [-0.4, -0.2) is 11.5 Å². The van der Waals surface area contributed by atoms with Crippen molar-refractivity contribution in [3.05, 3.63) is 42.0 Å². The van der Waals surface area contributed by atoms with Crippen molar-refractivity contribution in [1.82, 2.24) is 0 Å². The molecule has 56 valence electrons. The Bertz CT molecular complexity index is 261. The second-order valence-corrected chi connectivity index (χ2v) is 3.64. The topological polar surface area (TPSA) is 0 Å². The second kappa shape index (κ2) is 3.14. The van der Waals surface area contributed by atoms with Gasteiger partial charge in [-0.1, -0.05) is 36.4 Å². The molecule has 1 aromatic rings. The first-order valence-corrected chi connectivity index (χ1v) is 4.94. The highest BCUT2D eigenvalue weighted by atomic mass is 32.2. The van der Waals surface area contributed by atoms with Crippen LogP contribution in [-0.2, 0) is 0 Å². The zero-order valence-corrected chi connectivity index (χ0v) is 7.10. The van der Waals surface area contributed by atoms with E-state index in [4.69, 9.17) is 0 Å². The molecule has 1 heterocycles. The molecule has 0 aromatic heterocycles. The van der Waals surface area contributed by atoms with Gasteiger partial charge in [0.25, 0.3) is 0 Å². The summed E-state index contributed by atoms with van der Waals surface area (Å²) in [7, 11) is 0. The lowest BCUT2D eigenvalue weighted by atomic mass is 10.1. The maximum atomic E-state index is 2.32. The van der Waals surface area contributed by atoms with Crippen LogP contribution in [0.1, 0.15) is 5.56 Å². The van der Waals surface area contributed by atoms with Gasteiger partial charge in [-0.2, -0.15) is 11.8 Å². The van der Waals surface area contributed by atoms with Crippen molar-refractivity contribution in [2.75, 3.05) is 11.5 Å². The van der Waals surface area contributed by atoms with Crippen LogP contribution in [0, 0.1) is 0 Å². The molecule has 11 heavy (non-hydrogen) atoms. The van der Waals surface area contributed by atoms with Gasteiger partial charge >= 0.3 is 0 Å². The molecule has 0 unspecified atom stereocenters. The Balaban J connectivity index is 2.29. The summed E-state index contributed by atoms with van der Waals surface area (Å²) in [6.07, 6.45) is 2.32. The van der Waals surface area contributed by atoms with Crippen LogP contribution in [0.3, 0.4) is 0 Å². The van der Waals surface area contributed by atoms with E-state index in [1.54, 1.807) is 0 Å². The minimum absolute atomic E-state index is 1.18. The maximum Gasteiger partial charge on any atom is 0.0190 e. The molecule has 0 aliphatic carbocycles. The minimum atomic E-state index is 1.18. The molecular formula is C10H10S. The summed E-state index contributed by atoms with van der Waals surface area (Å²) in [4.78, 5) is 0. The van der Waals surface area contributed by atoms with Gasteiger partial charge in [0.2, 0.25) is 0 Å². The molecule has 1 aliphatic heterocycles. The lowest BCUT2D eigenvalue weighted by Crippen LogP contribution is -1.81. The van der Waals surface area contributed by atoms with Gasteiger partial charge < -0.3 is 0 Å². The number of benzene rings is 1. The first-order valence-electron chi connectivity index (χ1n) is 3.79. The summed E-state index contributed by atoms with van der Waals surface area (Å²) < 4.78 is 0. The largest absolute Gasteiger partial charge is 0.153 e. The van der Waals surface area contributed by atoms with Gasteiger partial charge in [0.15, 0.2) is 0 Å². The van der Waals surface area contributed by atoms with Crippen LogP contribution in [0.5, 0.6) is 0 Å². The van der Waals surface area contributed by atoms with Gasteiger partial charge in [0.1, 0.15) is 0 Å². The molecule has 0 atom stereocenters. The van der Waals surface area contributed by atoms with Crippen molar-refractivity contribution in [1.29, 1.82) is 0 Å². The van der Waals surface area contributed by atoms with Crippen LogP contribution >= 0.6 is 11.8 Å². The smallest absolute Gasteiger partial charge is 0.0190 e. The van der Waals surface area contributed by atoms with Crippen LogP contribution in [0.4, 0.5) is 0 Å². The summed E-state index contributed by atoms with van der Waals surface area (Å²) in [6, 6.07) is 10.6. The number of rotatable bonds is 1. The van der Waals surface area contributed by atoms with Gasteiger partial charge in [-0.05, 0) is 11.1 Å². The highest BCUT2D eigenvalue weighted by molar-refractivity contribution is 8.00. The number of hydrogen-bond donors (Lipinski definition) is 0. The summed E-state index contributed by atoms with van der Waals surface area (Å²) in [6.45, 7) is 0. The molecule has 0 amide bonds. The molecule has 0 radical (unpaired) electrons. The fourth-order valence-corrected chi connectivity index (χ4v) is 2.18. The summed E-state index contributed by atoms with van der Waals surface area (Å²) >= 11 is 1.98. The standard InChI is InChI=1S/C10H10S/c1-2-4-9(5-3-1)10-6-7-11-8-10/h1-6H,7-8H2. The van der Waals surface area contributed by atoms with Crippen molar-refractivity contribution in [3.8, 4) is 0 Å². The molecule has 0 N–H and O–H groups in total. The first-order chi connectivity index (χ1) is 5.47. The molecule has 1 heteroatoms. The molecule has 0 spiro atoms. The first kappa shape index (κ1) is 6.99. The molecule has 2 rings (SSSR count). The maximum absolute atomic E-state index is 2.32. The van der Waals surface area contributed by atoms with Crippen LogP contribution in [0.25, 0.3) is 5.57 Å². The Morgan fingerprint density at radius 3 is 2.55 bits per heavy atom. The average Bonchev–Trinajstić information content (AvgIpc) is 2.58. The predicted octanol–water partition coefficient (Wildman–Crippen LogP) is 2.82. The van der Waals surface area contributed by atoms with E-state index in [1.165, 1.54) is 22.6 Å². The molecule has 1 aromatic carbocycles. The lowest BCUT2D eigenvalue weighted by Gasteiger charge is -1.98. The van der Waals surface area contributed by atoms with Gasteiger partial charge in [0, 0.05) is 11.5 Å². The second-order valence-electron chi connectivity index (χ2n) is 2.61. The van der Waals surface area contributed by atoms with Gasteiger partial charge in [0.05, 0.1) is 0 Å². The van der Waals surface area contributed by atoms with E-state index >= 15 is 0 Å². The van der Waals surface area contributed by atoms with E-state index in [0.717, 1.165) is 0 Å². The third kappa shape index (κ3) is 1.48. The van der Waals surface area contributed by atoms with Crippen LogP contribution < -0.4 is 0 Å². The van der Waals surface area contributed by atoms with E-state index in [0.29, 0.717) is 0 Å². The highest BCUT2D eigenvalue weighted by Gasteiger charge is 2.05. The normalized spacial score (nSPS) is 16.5. The van der Waals surface area contributed by atoms with E-state index in [2.05, 4.69) is 36.4 Å². The number of hydrogen-bond acceptors (Lipinski definition) is 1. The highest BCUT2D eigenvalue weighted by Crippen LogP contribution is 2.25. The molecule has 0 saturated carbocycles. The Labute approximate surface area is 71.3 Å². The summed E-state index contributed by atoms with van der Waals surface area (Å²) in [5.74, 6) is 2.37. The van der Waals surface area contributed by atoms with Crippen molar-refractivity contribution >= 4 is 17.3 Å². The summed E-state index contributed by atoms with van der Waals surface area (Å²) in [5.41, 5.74) is 2.88. The van der Waals surface area contributed by atoms with Crippen molar-refractivity contribution < 1.29 is 0 Å². The molecule has 0 fully saturated rings. The Kier molecular flexibility index (Phi) is 1.99. The fraction of sp³-hybridized carbons (Fsp3) is 0.200. The van der Waals surface area contributed by atoms with Gasteiger partial charge in [-0.15, -0.1) is 0 Å². The van der Waals surface area contributed by atoms with E-state index in [1.807, 2.05) is 11.8 Å². The van der Waals surface area contributed by atoms with Crippen LogP contribution in [0.15, 0.2) is 36.4 Å². The zero-order valence-electron chi connectivity index (χ0n) is 6.29. The lowest BCUT2D eigenvalue weighted by molar-refractivity contribution is 1.58. The van der Waals surface area contributed by atoms with Crippen molar-refractivity contribution in [2.24, 2.45) is 0 Å². The van der Waals surface area contributed by atoms with Gasteiger partial charge in [-0.25, -0.2) is 0 Å². The Morgan fingerprint density at radius 1 is 1.09 bits per heavy atom. The molecule has 0 saturated heterocycles. The molecule has 0 bridgehead atoms. The third-order valence-corrected chi connectivity index (χ3v) is 2.77. The molecular weight excluding hydrogens is 152 g/mol. The van der Waals surface area contributed by atoms with Crippen molar-refractivity contribution in [2.45, 2.75) is 0 Å². The SMILES string of the molecule is C1=C(c2ccccc2)CSC1. The summed E-state index contributed by atoms with van der Waals surface area (Å²) in [5, 5.41) is 0. The molecule has 0 nitrogen and oxygen atoms in total. The quantitative estimate of drug-likeness (QED) is 0.612. The van der Waals surface area contributed by atoms with E-state index in [-0.39, 0.29) is 0 Å². The van der Waals surface area contributed by atoms with Crippen LogP contribution in [0.2, 0.25) is 0 Å². The average molecular weight is 162 g/mol. The van der Waals surface area contributed by atoms with Gasteiger partial charge in [-0.3, -0.25) is 0 Å². The third-order valence-electron chi connectivity index (χ3n) is 1.85. The van der Waals surface area contributed by atoms with Crippen molar-refractivity contribution in [3.63, 3.8) is 0 Å². The molecule has 1 aliphatic rings. The van der Waals surface area contributed by atoms with E-state index in [9.17, 15) is 0 Å². The monoisotopic (exact) mass is 162 g/mol. The zero-order chi connectivity index (χ0) is 7.52. The Morgan fingerprint density at radius 2 is 1.91 bits per heavy atom. The number of thioether (sulfide) groups is 1. The fourth-order valence-electron chi connectivity index (χ4n) is 1.24. The predicted molar refractivity (Wildman–Crippen MR) is 51.7 cm³/mol. The van der Waals surface area contributed by atoms with E-state index < -0.39 is 0 Å². The Hall–Kier alpha value is -0.690. The minimum Gasteiger partial charge on any atom is -0.153 e.